The number of esters is 3. The lowest BCUT2D eigenvalue weighted by molar-refractivity contribution is -0.172. The number of amides is 2. The Morgan fingerprint density at radius 2 is 1.05 bits per heavy atom. The van der Waals surface area contributed by atoms with Crippen molar-refractivity contribution >= 4 is 70.8 Å². The molecule has 0 spiro atoms. The number of β-amino-alcohol motifs (C(OH)–C–C–N with tert-alkyl or cyclic N) is 1. The fourth-order valence-corrected chi connectivity index (χ4v) is 7.05. The van der Waals surface area contributed by atoms with Crippen LogP contribution in [-0.2, 0) is 52.5 Å². The second kappa shape index (κ2) is 26.9. The van der Waals surface area contributed by atoms with Crippen molar-refractivity contribution in [2.75, 3.05) is 88.7 Å². The van der Waals surface area contributed by atoms with Crippen molar-refractivity contribution in [1.82, 2.24) is 27.3 Å². The Morgan fingerprint density at radius 3 is 1.42 bits per heavy atom. The van der Waals surface area contributed by atoms with Crippen molar-refractivity contribution < 1.29 is 72.1 Å². The Balaban J connectivity index is 0.000000386. The summed E-state index contributed by atoms with van der Waals surface area (Å²) < 4.78 is 53.9. The largest absolute Gasteiger partial charge is 0.479 e. The first-order chi connectivity index (χ1) is 30.3. The molecule has 4 rings (SSSR count). The lowest BCUT2D eigenvalue weighted by Gasteiger charge is -2.37. The molecule has 2 aromatic rings. The van der Waals surface area contributed by atoms with E-state index < -0.39 is 53.8 Å². The van der Waals surface area contributed by atoms with Gasteiger partial charge in [0.1, 0.15) is 19.3 Å². The maximum Gasteiger partial charge on any atom is 0.347 e. The van der Waals surface area contributed by atoms with E-state index in [0.29, 0.717) is 62.9 Å². The predicted molar refractivity (Wildman–Crippen MR) is 237 cm³/mol. The fraction of sp³-hybridized carbons (Fsp3) is 0.750. The van der Waals surface area contributed by atoms with E-state index in [4.69, 9.17) is 33.5 Å². The number of hydrogen-bond donors (Lipinski definition) is 2. The molecule has 0 bridgehead atoms. The third kappa shape index (κ3) is 20.4. The number of carboxylic acids is 1. The van der Waals surface area contributed by atoms with Crippen molar-refractivity contribution in [3.05, 3.63) is 0 Å². The maximum absolute atomic E-state index is 12.5. The second-order valence-electron chi connectivity index (χ2n) is 16.8. The minimum atomic E-state index is -1.13. The molecule has 65 heavy (non-hydrogen) atoms. The standard InChI is InChI=1S/C20H32N4O7S.C15H26N4O4S.C5H8O4/c1-13(30-15(3)26)19(27)31-16(11-24(14(2)25)20(4,5)6)12-29-18-17(21-32-22-18)23-7-9-28-10-8-23;1-11(20)19(15(2,3)4)9-12(21)10-23-14-13(16-24-17-14)18-5-7-22-8-6-18;1-3(5(7)8)9-4(2)6/h13,16H,7-12H2,1-6H3;12,21H,5-10H2,1-4H3;3H,1-2H3,(H,7,8)/t13-,16+;12-;3-/m101/s1. The van der Waals surface area contributed by atoms with E-state index in [1.807, 2.05) is 46.4 Å². The number of ether oxygens (including phenoxy) is 7. The van der Waals surface area contributed by atoms with Gasteiger partial charge in [0.05, 0.1) is 63.0 Å². The number of aliphatic hydroxyl groups excluding tert-OH is 1. The average molecular weight is 963 g/mol. The minimum Gasteiger partial charge on any atom is -0.479 e. The molecule has 2 aliphatic heterocycles. The summed E-state index contributed by atoms with van der Waals surface area (Å²) in [6, 6.07) is 0. The van der Waals surface area contributed by atoms with Crippen molar-refractivity contribution in [2.45, 2.75) is 119 Å². The minimum absolute atomic E-state index is 0.0544. The lowest BCUT2D eigenvalue weighted by Crippen LogP contribution is -2.50. The number of aliphatic carboxylic acids is 1. The van der Waals surface area contributed by atoms with E-state index in [2.05, 4.69) is 27.1 Å². The molecular weight excluding hydrogens is 897 g/mol. The Labute approximate surface area is 388 Å². The van der Waals surface area contributed by atoms with Gasteiger partial charge in [-0.1, -0.05) is 0 Å². The Morgan fingerprint density at radius 1 is 0.646 bits per heavy atom. The summed E-state index contributed by atoms with van der Waals surface area (Å²) >= 11 is 2.10. The molecule has 25 heteroatoms. The molecule has 23 nitrogen and oxygen atoms in total. The quantitative estimate of drug-likeness (QED) is 0.170. The molecule has 368 valence electrons. The third-order valence-electron chi connectivity index (χ3n) is 9.13. The number of carboxylic acid groups (broad SMARTS) is 1. The highest BCUT2D eigenvalue weighted by molar-refractivity contribution is 6.99. The summed E-state index contributed by atoms with van der Waals surface area (Å²) in [5, 5.41) is 18.4. The van der Waals surface area contributed by atoms with Crippen LogP contribution in [0.1, 0.15) is 83.1 Å². The highest BCUT2D eigenvalue weighted by Gasteiger charge is 2.32. The van der Waals surface area contributed by atoms with Gasteiger partial charge in [-0.15, -0.1) is 8.75 Å². The van der Waals surface area contributed by atoms with Gasteiger partial charge in [-0.25, -0.2) is 9.59 Å². The van der Waals surface area contributed by atoms with Gasteiger partial charge in [-0.3, -0.25) is 19.2 Å². The number of nitrogens with zero attached hydrogens (tertiary/aromatic N) is 8. The van der Waals surface area contributed by atoms with E-state index in [-0.39, 0.29) is 43.7 Å². The lowest BCUT2D eigenvalue weighted by atomic mass is 10.1. The molecule has 2 N–H and O–H groups in total. The van der Waals surface area contributed by atoms with Crippen molar-refractivity contribution in [1.29, 1.82) is 0 Å². The monoisotopic (exact) mass is 962 g/mol. The van der Waals surface area contributed by atoms with Crippen molar-refractivity contribution in [3.8, 4) is 11.8 Å². The number of rotatable bonds is 17. The molecule has 0 aliphatic carbocycles. The van der Waals surface area contributed by atoms with Gasteiger partial charge in [0.2, 0.25) is 23.5 Å². The molecule has 2 amide bonds. The molecule has 2 aromatic heterocycles. The Bertz CT molecular complexity index is 1820. The molecule has 2 saturated heterocycles. The number of hydrogen-bond acceptors (Lipinski definition) is 22. The van der Waals surface area contributed by atoms with E-state index in [0.717, 1.165) is 36.5 Å². The van der Waals surface area contributed by atoms with Gasteiger partial charge in [-0.2, -0.15) is 8.75 Å². The van der Waals surface area contributed by atoms with Crippen LogP contribution >= 0.6 is 23.5 Å². The van der Waals surface area contributed by atoms with Gasteiger partial charge in [-0.05, 0) is 55.4 Å². The smallest absolute Gasteiger partial charge is 0.347 e. The number of anilines is 2. The number of aliphatic hydroxyl groups is 1. The first-order valence-corrected chi connectivity index (χ1v) is 22.4. The molecule has 2 aliphatic rings. The summed E-state index contributed by atoms with van der Waals surface area (Å²) in [6.45, 7) is 25.1. The summed E-state index contributed by atoms with van der Waals surface area (Å²) in [6.07, 6.45) is -3.74. The normalized spacial score (nSPS) is 15.8. The van der Waals surface area contributed by atoms with Crippen LogP contribution in [0.25, 0.3) is 0 Å². The van der Waals surface area contributed by atoms with Crippen LogP contribution in [0.5, 0.6) is 11.8 Å². The molecular formula is C40H66N8O15S2. The van der Waals surface area contributed by atoms with Crippen LogP contribution in [-0.4, -0.2) is 188 Å². The van der Waals surface area contributed by atoms with Gasteiger partial charge in [0.15, 0.2) is 18.3 Å². The van der Waals surface area contributed by atoms with Crippen LogP contribution < -0.4 is 19.3 Å². The van der Waals surface area contributed by atoms with Crippen LogP contribution in [0, 0.1) is 0 Å². The zero-order valence-corrected chi connectivity index (χ0v) is 41.0. The maximum atomic E-state index is 12.5. The van der Waals surface area contributed by atoms with Gasteiger partial charge < -0.3 is 63.0 Å². The van der Waals surface area contributed by atoms with Gasteiger partial charge >= 0.3 is 23.9 Å². The Hall–Kier alpha value is -4.98. The number of aromatic nitrogens is 4. The zero-order chi connectivity index (χ0) is 49.1. The van der Waals surface area contributed by atoms with Crippen LogP contribution in [0.3, 0.4) is 0 Å². The van der Waals surface area contributed by atoms with E-state index >= 15 is 0 Å². The van der Waals surface area contributed by atoms with E-state index in [1.54, 1.807) is 9.80 Å². The first kappa shape index (κ1) is 56.2. The summed E-state index contributed by atoms with van der Waals surface area (Å²) in [7, 11) is 0. The SMILES string of the molecule is CC(=O)N(C[C@H](O)COc1nsnc1N1CCOCC1)C(C)(C)C.CC(=O)O[C@H](C)C(=O)O.CC(=O)O[C@H](C)C(=O)O[C@H](COc1nsnc1N1CCOCC1)CN(C(C)=O)C(C)(C)C. The number of carbonyl (C=O) groups excluding carboxylic acids is 5. The molecule has 4 heterocycles. The first-order valence-electron chi connectivity index (χ1n) is 20.9. The van der Waals surface area contributed by atoms with Crippen LogP contribution in [0.15, 0.2) is 0 Å². The predicted octanol–water partition coefficient (Wildman–Crippen LogP) is 2.05. The molecule has 0 aromatic carbocycles. The van der Waals surface area contributed by atoms with Gasteiger partial charge in [0.25, 0.3) is 11.8 Å². The van der Waals surface area contributed by atoms with E-state index in [1.165, 1.54) is 41.5 Å². The number of carbonyl (C=O) groups is 6. The average Bonchev–Trinajstić information content (AvgIpc) is 3.90. The van der Waals surface area contributed by atoms with Crippen molar-refractivity contribution in [2.24, 2.45) is 0 Å². The van der Waals surface area contributed by atoms with Crippen molar-refractivity contribution in [3.63, 3.8) is 0 Å². The van der Waals surface area contributed by atoms with Gasteiger partial charge in [0, 0.05) is 65.0 Å². The van der Waals surface area contributed by atoms with E-state index in [9.17, 15) is 33.9 Å². The highest BCUT2D eigenvalue weighted by Crippen LogP contribution is 2.28. The summed E-state index contributed by atoms with van der Waals surface area (Å²) in [5.41, 5.74) is -0.854. The topological polar surface area (TPSA) is 272 Å². The molecule has 2 fully saturated rings. The third-order valence-corrected chi connectivity index (χ3v) is 10.1. The Kier molecular flexibility index (Phi) is 23.2. The van der Waals surface area contributed by atoms with Crippen LogP contribution in [0.4, 0.5) is 11.6 Å². The van der Waals surface area contributed by atoms with Crippen LogP contribution in [0.2, 0.25) is 0 Å². The molecule has 0 saturated carbocycles. The number of morpholine rings is 2. The second-order valence-corrected chi connectivity index (χ2v) is 17.8. The molecule has 0 radical (unpaired) electrons. The summed E-state index contributed by atoms with van der Waals surface area (Å²) in [5.74, 6) is -1.23. The zero-order valence-electron chi connectivity index (χ0n) is 39.4. The molecule has 4 atom stereocenters. The molecule has 0 unspecified atom stereocenters. The fourth-order valence-electron chi connectivity index (χ4n) is 6.01. The highest BCUT2D eigenvalue weighted by atomic mass is 32.1. The summed E-state index contributed by atoms with van der Waals surface area (Å²) in [4.78, 5) is 74.9.